The standard InChI is InChI=1S/C11H8BrClN2O/c12-9-4-10(6-14-5-9)16-7-8-1-2-15-11(13)3-8/h1-6H,7H2. The zero-order valence-electron chi connectivity index (χ0n) is 8.23. The van der Waals surface area contributed by atoms with Crippen molar-refractivity contribution in [2.75, 3.05) is 0 Å². The maximum Gasteiger partial charge on any atom is 0.139 e. The smallest absolute Gasteiger partial charge is 0.139 e. The fourth-order valence-electron chi connectivity index (χ4n) is 1.17. The van der Waals surface area contributed by atoms with Crippen molar-refractivity contribution in [1.82, 2.24) is 9.97 Å². The van der Waals surface area contributed by atoms with Gasteiger partial charge >= 0.3 is 0 Å². The Labute approximate surface area is 107 Å². The molecule has 5 heteroatoms. The molecule has 82 valence electrons. The van der Waals surface area contributed by atoms with Gasteiger partial charge in [-0.3, -0.25) is 4.98 Å². The van der Waals surface area contributed by atoms with E-state index in [2.05, 4.69) is 25.9 Å². The molecule has 16 heavy (non-hydrogen) atoms. The Kier molecular flexibility index (Phi) is 3.74. The van der Waals surface area contributed by atoms with Crippen molar-refractivity contribution in [3.05, 3.63) is 52.0 Å². The highest BCUT2D eigenvalue weighted by atomic mass is 79.9. The van der Waals surface area contributed by atoms with Crippen molar-refractivity contribution >= 4 is 27.5 Å². The summed E-state index contributed by atoms with van der Waals surface area (Å²) in [5.41, 5.74) is 0.972. The number of hydrogen-bond donors (Lipinski definition) is 0. The normalized spacial score (nSPS) is 10.1. The van der Waals surface area contributed by atoms with Gasteiger partial charge in [0.05, 0.1) is 6.20 Å². The number of rotatable bonds is 3. The van der Waals surface area contributed by atoms with Gasteiger partial charge in [-0.05, 0) is 39.7 Å². The minimum Gasteiger partial charge on any atom is -0.487 e. The second kappa shape index (κ2) is 5.27. The fourth-order valence-corrected chi connectivity index (χ4v) is 1.71. The summed E-state index contributed by atoms with van der Waals surface area (Å²) in [6, 6.07) is 5.49. The Morgan fingerprint density at radius 1 is 1.31 bits per heavy atom. The minimum atomic E-state index is 0.445. The molecule has 2 rings (SSSR count). The third kappa shape index (κ3) is 3.18. The first-order valence-electron chi connectivity index (χ1n) is 4.58. The summed E-state index contributed by atoms with van der Waals surface area (Å²) in [5.74, 6) is 0.710. The lowest BCUT2D eigenvalue weighted by molar-refractivity contribution is 0.304. The van der Waals surface area contributed by atoms with E-state index >= 15 is 0 Å². The first kappa shape index (κ1) is 11.4. The van der Waals surface area contributed by atoms with Crippen LogP contribution in [0.15, 0.2) is 41.3 Å². The summed E-state index contributed by atoms with van der Waals surface area (Å²) in [4.78, 5) is 7.90. The van der Waals surface area contributed by atoms with Crippen LogP contribution in [-0.2, 0) is 6.61 Å². The van der Waals surface area contributed by atoms with Crippen LogP contribution in [0.2, 0.25) is 5.15 Å². The van der Waals surface area contributed by atoms with Crippen molar-refractivity contribution in [3.63, 3.8) is 0 Å². The molecule has 0 aromatic carbocycles. The van der Waals surface area contributed by atoms with Gasteiger partial charge < -0.3 is 4.74 Å². The fraction of sp³-hybridized carbons (Fsp3) is 0.0909. The van der Waals surface area contributed by atoms with Gasteiger partial charge in [-0.2, -0.15) is 0 Å². The molecule has 0 unspecified atom stereocenters. The van der Waals surface area contributed by atoms with Crippen LogP contribution in [0.3, 0.4) is 0 Å². The van der Waals surface area contributed by atoms with Crippen LogP contribution in [0, 0.1) is 0 Å². The highest BCUT2D eigenvalue weighted by molar-refractivity contribution is 9.10. The molecule has 3 nitrogen and oxygen atoms in total. The summed E-state index contributed by atoms with van der Waals surface area (Å²) in [6.07, 6.45) is 5.02. The van der Waals surface area contributed by atoms with E-state index < -0.39 is 0 Å². The second-order valence-corrected chi connectivity index (χ2v) is 4.42. The molecule has 0 saturated heterocycles. The van der Waals surface area contributed by atoms with Crippen LogP contribution in [0.4, 0.5) is 0 Å². The highest BCUT2D eigenvalue weighted by Crippen LogP contribution is 2.17. The number of nitrogens with zero attached hydrogens (tertiary/aromatic N) is 2. The van der Waals surface area contributed by atoms with E-state index in [1.54, 1.807) is 24.7 Å². The highest BCUT2D eigenvalue weighted by Gasteiger charge is 1.98. The Hall–Kier alpha value is -1.13. The SMILES string of the molecule is Clc1cc(COc2cncc(Br)c2)ccn1. The molecule has 0 aliphatic carbocycles. The van der Waals surface area contributed by atoms with Crippen LogP contribution in [0.1, 0.15) is 5.56 Å². The van der Waals surface area contributed by atoms with Crippen molar-refractivity contribution in [3.8, 4) is 5.75 Å². The minimum absolute atomic E-state index is 0.445. The van der Waals surface area contributed by atoms with Crippen LogP contribution in [0.5, 0.6) is 5.75 Å². The monoisotopic (exact) mass is 298 g/mol. The Morgan fingerprint density at radius 2 is 2.19 bits per heavy atom. The zero-order valence-corrected chi connectivity index (χ0v) is 10.6. The van der Waals surface area contributed by atoms with E-state index in [0.717, 1.165) is 10.0 Å². The largest absolute Gasteiger partial charge is 0.487 e. The molecule has 0 fully saturated rings. The predicted octanol–water partition coefficient (Wildman–Crippen LogP) is 3.47. The maximum atomic E-state index is 5.77. The molecule has 0 spiro atoms. The summed E-state index contributed by atoms with van der Waals surface area (Å²) in [7, 11) is 0. The summed E-state index contributed by atoms with van der Waals surface area (Å²) >= 11 is 9.09. The third-order valence-corrected chi connectivity index (χ3v) is 2.52. The Bertz CT molecular complexity index is 447. The lowest BCUT2D eigenvalue weighted by Crippen LogP contribution is -1.96. The van der Waals surface area contributed by atoms with Crippen LogP contribution in [0.25, 0.3) is 0 Å². The maximum absolute atomic E-state index is 5.77. The first-order chi connectivity index (χ1) is 7.74. The second-order valence-electron chi connectivity index (χ2n) is 3.11. The van der Waals surface area contributed by atoms with Gasteiger partial charge in [0.15, 0.2) is 0 Å². The van der Waals surface area contributed by atoms with Gasteiger partial charge in [0.1, 0.15) is 17.5 Å². The Morgan fingerprint density at radius 3 is 2.94 bits per heavy atom. The number of halogens is 2. The van der Waals surface area contributed by atoms with Crippen LogP contribution in [-0.4, -0.2) is 9.97 Å². The van der Waals surface area contributed by atoms with E-state index in [1.165, 1.54) is 0 Å². The molecule has 2 aromatic heterocycles. The number of hydrogen-bond acceptors (Lipinski definition) is 3. The number of aromatic nitrogens is 2. The molecule has 0 amide bonds. The molecule has 0 atom stereocenters. The van der Waals surface area contributed by atoms with Crippen molar-refractivity contribution < 1.29 is 4.74 Å². The van der Waals surface area contributed by atoms with Gasteiger partial charge in [0, 0.05) is 16.9 Å². The topological polar surface area (TPSA) is 35.0 Å². The van der Waals surface area contributed by atoms with Gasteiger partial charge in [-0.25, -0.2) is 4.98 Å². The van der Waals surface area contributed by atoms with Crippen molar-refractivity contribution in [2.45, 2.75) is 6.61 Å². The Balaban J connectivity index is 2.02. The zero-order chi connectivity index (χ0) is 11.4. The average molecular weight is 300 g/mol. The molecule has 2 aromatic rings. The summed E-state index contributed by atoms with van der Waals surface area (Å²) in [6.45, 7) is 0.445. The molecule has 0 aliphatic heterocycles. The summed E-state index contributed by atoms with van der Waals surface area (Å²) in [5, 5.41) is 0.466. The molecular formula is C11H8BrClN2O. The molecule has 0 N–H and O–H groups in total. The molecule has 0 aliphatic rings. The molecule has 0 radical (unpaired) electrons. The first-order valence-corrected chi connectivity index (χ1v) is 5.75. The number of pyridine rings is 2. The van der Waals surface area contributed by atoms with Gasteiger partial charge in [-0.15, -0.1) is 0 Å². The van der Waals surface area contributed by atoms with Crippen molar-refractivity contribution in [2.24, 2.45) is 0 Å². The molecule has 0 saturated carbocycles. The predicted molar refractivity (Wildman–Crippen MR) is 65.5 cm³/mol. The molecular weight excluding hydrogens is 291 g/mol. The van der Waals surface area contributed by atoms with Crippen molar-refractivity contribution in [1.29, 1.82) is 0 Å². The van der Waals surface area contributed by atoms with E-state index in [1.807, 2.05) is 12.1 Å². The van der Waals surface area contributed by atoms with Crippen LogP contribution < -0.4 is 4.74 Å². The van der Waals surface area contributed by atoms with Gasteiger partial charge in [-0.1, -0.05) is 11.6 Å². The quantitative estimate of drug-likeness (QED) is 0.814. The number of ether oxygens (including phenoxy) is 1. The molecule has 2 heterocycles. The van der Waals surface area contributed by atoms with E-state index in [9.17, 15) is 0 Å². The average Bonchev–Trinajstić information content (AvgIpc) is 2.27. The third-order valence-electron chi connectivity index (χ3n) is 1.88. The summed E-state index contributed by atoms with van der Waals surface area (Å²) < 4.78 is 6.44. The van der Waals surface area contributed by atoms with Crippen LogP contribution >= 0.6 is 27.5 Å². The molecule has 0 bridgehead atoms. The van der Waals surface area contributed by atoms with Gasteiger partial charge in [0.2, 0.25) is 0 Å². The lowest BCUT2D eigenvalue weighted by atomic mass is 10.3. The van der Waals surface area contributed by atoms with E-state index in [4.69, 9.17) is 16.3 Å². The van der Waals surface area contributed by atoms with E-state index in [0.29, 0.717) is 17.5 Å². The lowest BCUT2D eigenvalue weighted by Gasteiger charge is -2.05. The van der Waals surface area contributed by atoms with Gasteiger partial charge in [0.25, 0.3) is 0 Å². The van der Waals surface area contributed by atoms with E-state index in [-0.39, 0.29) is 0 Å².